The molecule has 0 fully saturated rings. The first kappa shape index (κ1) is 8.32. The molecule has 1 aliphatic carbocycles. The third-order valence-electron chi connectivity index (χ3n) is 2.62. The molecule has 0 aromatic rings. The van der Waals surface area contributed by atoms with Gasteiger partial charge in [-0.3, -0.25) is 0 Å². The zero-order valence-corrected chi connectivity index (χ0v) is 7.79. The molecule has 68 valence electrons. The van der Waals surface area contributed by atoms with Crippen molar-refractivity contribution in [3.8, 4) is 11.3 Å². The molecule has 0 amide bonds. The Bertz CT molecular complexity index is 401. The number of hydrogen-bond donors (Lipinski definition) is 1. The molecule has 0 bridgehead atoms. The van der Waals surface area contributed by atoms with Crippen LogP contribution in [0.1, 0.15) is 16.7 Å². The van der Waals surface area contributed by atoms with Crippen molar-refractivity contribution in [2.24, 2.45) is 0 Å². The molecule has 13 heavy (non-hydrogen) atoms. The van der Waals surface area contributed by atoms with Gasteiger partial charge in [0.15, 0.2) is 0 Å². The Kier molecular flexibility index (Phi) is 1.85. The van der Waals surface area contributed by atoms with Gasteiger partial charge in [0.2, 0.25) is 0 Å². The monoisotopic (exact) mass is 176 g/mol. The zero-order valence-electron chi connectivity index (χ0n) is 7.79. The Morgan fingerprint density at radius 1 is 1.31 bits per heavy atom. The van der Waals surface area contributed by atoms with E-state index in [1.807, 2.05) is 26.0 Å². The van der Waals surface area contributed by atoms with Gasteiger partial charge in [-0.1, -0.05) is 0 Å². The van der Waals surface area contributed by atoms with Crippen molar-refractivity contribution in [2.75, 3.05) is 0 Å². The molecule has 0 spiro atoms. The lowest BCUT2D eigenvalue weighted by atomic mass is 10.1. The van der Waals surface area contributed by atoms with Gasteiger partial charge in [-0.25, -0.2) is 0 Å². The summed E-state index contributed by atoms with van der Waals surface area (Å²) in [5, 5.41) is 9.17. The number of fused-ring (bicyclic) bond motifs is 1. The summed E-state index contributed by atoms with van der Waals surface area (Å²) in [5.74, 6) is 0.819. The molecule has 2 rings (SSSR count). The van der Waals surface area contributed by atoms with E-state index in [0.717, 1.165) is 22.5 Å². The van der Waals surface area contributed by atoms with Crippen LogP contribution in [0.25, 0.3) is 11.3 Å². The molecule has 1 N–H and O–H groups in total. The van der Waals surface area contributed by atoms with Gasteiger partial charge in [0.1, 0.15) is 5.76 Å². The van der Waals surface area contributed by atoms with Crippen LogP contribution in [0.2, 0.25) is 0 Å². The summed E-state index contributed by atoms with van der Waals surface area (Å²) in [6.45, 7) is 4.10. The smallest absolute Gasteiger partial charge is 0.139 e. The average molecular weight is 176 g/mol. The highest BCUT2D eigenvalue weighted by Gasteiger charge is 2.18. The fourth-order valence-electron chi connectivity index (χ4n) is 1.70. The lowest BCUT2D eigenvalue weighted by molar-refractivity contribution is 0.279. The van der Waals surface area contributed by atoms with E-state index in [1.165, 1.54) is 5.56 Å². The lowest BCUT2D eigenvalue weighted by Gasteiger charge is -1.99. The number of hydrogen-bond acceptors (Lipinski definition) is 2. The largest absolute Gasteiger partial charge is 0.464 e. The van der Waals surface area contributed by atoms with Crippen molar-refractivity contribution in [1.82, 2.24) is 0 Å². The summed E-state index contributed by atoms with van der Waals surface area (Å²) in [7, 11) is 0. The fraction of sp³-hybridized carbons (Fsp3) is 0.273. The van der Waals surface area contributed by atoms with Crippen LogP contribution in [0.4, 0.5) is 0 Å². The summed E-state index contributed by atoms with van der Waals surface area (Å²) < 4.78 is 5.38. The molecule has 0 saturated carbocycles. The summed E-state index contributed by atoms with van der Waals surface area (Å²) >= 11 is 0. The maximum atomic E-state index is 9.17. The van der Waals surface area contributed by atoms with Gasteiger partial charge in [-0.2, -0.15) is 0 Å². The first-order valence-electron chi connectivity index (χ1n) is 4.31. The summed E-state index contributed by atoms with van der Waals surface area (Å²) in [5.41, 5.74) is 4.34. The normalized spacial score (nSPS) is 11.0. The first-order chi connectivity index (χ1) is 6.25. The van der Waals surface area contributed by atoms with Crippen molar-refractivity contribution in [3.05, 3.63) is 35.1 Å². The van der Waals surface area contributed by atoms with Gasteiger partial charge in [-0.15, -0.1) is 0 Å². The predicted molar refractivity (Wildman–Crippen MR) is 50.7 cm³/mol. The highest BCUT2D eigenvalue weighted by Crippen LogP contribution is 2.35. The second kappa shape index (κ2) is 2.89. The first-order valence-corrected chi connectivity index (χ1v) is 4.31. The summed E-state index contributed by atoms with van der Waals surface area (Å²) in [6.07, 6.45) is 1.64. The van der Waals surface area contributed by atoms with E-state index in [2.05, 4.69) is 0 Å². The number of aliphatic hydroxyl groups excluding tert-OH is 1. The van der Waals surface area contributed by atoms with Crippen LogP contribution < -0.4 is 0 Å². The SMILES string of the molecule is Cc1c2cccoc-2c(CO)c1C. The average Bonchev–Trinajstić information content (AvgIpc) is 2.41. The van der Waals surface area contributed by atoms with Gasteiger partial charge >= 0.3 is 0 Å². The minimum absolute atomic E-state index is 0.0453. The Morgan fingerprint density at radius 2 is 2.08 bits per heavy atom. The third kappa shape index (κ3) is 1.06. The van der Waals surface area contributed by atoms with Crippen molar-refractivity contribution >= 4 is 0 Å². The summed E-state index contributed by atoms with van der Waals surface area (Å²) in [4.78, 5) is 0. The van der Waals surface area contributed by atoms with E-state index in [0.29, 0.717) is 0 Å². The molecule has 1 aliphatic heterocycles. The molecule has 1 heterocycles. The quantitative estimate of drug-likeness (QED) is 0.724. The topological polar surface area (TPSA) is 33.4 Å². The van der Waals surface area contributed by atoms with Crippen LogP contribution in [0.15, 0.2) is 22.8 Å². The van der Waals surface area contributed by atoms with Crippen LogP contribution >= 0.6 is 0 Å². The fourth-order valence-corrected chi connectivity index (χ4v) is 1.70. The van der Waals surface area contributed by atoms with Crippen molar-refractivity contribution < 1.29 is 9.52 Å². The number of aliphatic hydroxyl groups is 1. The van der Waals surface area contributed by atoms with Crippen LogP contribution in [-0.2, 0) is 6.61 Å². The van der Waals surface area contributed by atoms with E-state index >= 15 is 0 Å². The molecule has 0 radical (unpaired) electrons. The van der Waals surface area contributed by atoms with Crippen LogP contribution in [0.5, 0.6) is 0 Å². The Hall–Kier alpha value is -1.28. The van der Waals surface area contributed by atoms with Gasteiger partial charge in [0.05, 0.1) is 12.9 Å². The molecule has 2 nitrogen and oxygen atoms in total. The molecule has 0 unspecified atom stereocenters. The Balaban J connectivity index is 2.80. The van der Waals surface area contributed by atoms with Crippen LogP contribution in [-0.4, -0.2) is 5.11 Å². The molecule has 0 atom stereocenters. The van der Waals surface area contributed by atoms with Gasteiger partial charge < -0.3 is 9.52 Å². The maximum absolute atomic E-state index is 9.17. The summed E-state index contributed by atoms with van der Waals surface area (Å²) in [6, 6.07) is 3.89. The van der Waals surface area contributed by atoms with E-state index in [4.69, 9.17) is 9.52 Å². The molecule has 0 aromatic heterocycles. The molecule has 0 saturated heterocycles. The second-order valence-corrected chi connectivity index (χ2v) is 3.24. The van der Waals surface area contributed by atoms with Crippen molar-refractivity contribution in [1.29, 1.82) is 0 Å². The zero-order chi connectivity index (χ0) is 9.42. The Morgan fingerprint density at radius 3 is 2.77 bits per heavy atom. The van der Waals surface area contributed by atoms with Crippen molar-refractivity contribution in [2.45, 2.75) is 20.5 Å². The molecular weight excluding hydrogens is 164 g/mol. The highest BCUT2D eigenvalue weighted by atomic mass is 16.3. The maximum Gasteiger partial charge on any atom is 0.139 e. The third-order valence-corrected chi connectivity index (χ3v) is 2.62. The number of rotatable bonds is 1. The van der Waals surface area contributed by atoms with E-state index in [-0.39, 0.29) is 6.61 Å². The molecule has 0 aromatic carbocycles. The van der Waals surface area contributed by atoms with Crippen LogP contribution in [0, 0.1) is 13.8 Å². The highest BCUT2D eigenvalue weighted by molar-refractivity contribution is 5.72. The molecule has 2 heteroatoms. The van der Waals surface area contributed by atoms with Gasteiger partial charge in [0, 0.05) is 11.1 Å². The second-order valence-electron chi connectivity index (χ2n) is 3.24. The van der Waals surface area contributed by atoms with Gasteiger partial charge in [0.25, 0.3) is 0 Å². The molecular formula is C11H12O2. The molecule has 2 aliphatic rings. The minimum atomic E-state index is 0.0453. The lowest BCUT2D eigenvalue weighted by Crippen LogP contribution is -1.84. The van der Waals surface area contributed by atoms with E-state index < -0.39 is 0 Å². The standard InChI is InChI=1S/C11H12O2/c1-7-8(2)10(6-12)11-9(7)4-3-5-13-11/h3-5,12H,6H2,1-2H3. The van der Waals surface area contributed by atoms with Crippen molar-refractivity contribution in [3.63, 3.8) is 0 Å². The predicted octanol–water partition coefficient (Wildman–Crippen LogP) is 2.49. The minimum Gasteiger partial charge on any atom is -0.464 e. The Labute approximate surface area is 77.2 Å². The van der Waals surface area contributed by atoms with E-state index in [9.17, 15) is 0 Å². The van der Waals surface area contributed by atoms with E-state index in [1.54, 1.807) is 6.26 Å². The van der Waals surface area contributed by atoms with Crippen LogP contribution in [0.3, 0.4) is 0 Å². The van der Waals surface area contributed by atoms with Gasteiger partial charge in [-0.05, 0) is 37.1 Å².